The summed E-state index contributed by atoms with van der Waals surface area (Å²) >= 11 is 6.05. The van der Waals surface area contributed by atoms with E-state index >= 15 is 0 Å². The summed E-state index contributed by atoms with van der Waals surface area (Å²) in [5.41, 5.74) is 2.59. The van der Waals surface area contributed by atoms with Gasteiger partial charge in [0.2, 0.25) is 0 Å². The van der Waals surface area contributed by atoms with Crippen molar-refractivity contribution < 1.29 is 9.53 Å². The molecule has 0 aliphatic carbocycles. The van der Waals surface area contributed by atoms with Gasteiger partial charge in [-0.3, -0.25) is 4.79 Å². The number of ether oxygens (including phenoxy) is 1. The summed E-state index contributed by atoms with van der Waals surface area (Å²) in [6.07, 6.45) is 1.75. The number of rotatable bonds is 6. The van der Waals surface area contributed by atoms with E-state index in [1.807, 2.05) is 54.1 Å². The topological polar surface area (TPSA) is 47.4 Å². The van der Waals surface area contributed by atoms with Crippen molar-refractivity contribution in [1.29, 1.82) is 0 Å². The Morgan fingerprint density at radius 3 is 2.54 bits per heavy atom. The third-order valence-corrected chi connectivity index (χ3v) is 4.37. The number of hydrogen-bond acceptors (Lipinski definition) is 3. The molecule has 0 radical (unpaired) electrons. The molecule has 26 heavy (non-hydrogen) atoms. The maximum absolute atomic E-state index is 12.5. The Balaban J connectivity index is 1.58. The van der Waals surface area contributed by atoms with Gasteiger partial charge in [0, 0.05) is 24.5 Å². The average molecular weight is 370 g/mol. The monoisotopic (exact) mass is 369 g/mol. The standard InChI is InChI=1S/C20H20ClN3O2/c1-15-11-12-22-24(15)17-9-7-16(8-10-17)20(25)23(2)13-14-26-19-6-4-3-5-18(19)21/h3-12H,13-14H2,1-2H3. The highest BCUT2D eigenvalue weighted by Gasteiger charge is 2.12. The van der Waals surface area contributed by atoms with Crippen LogP contribution in [0.3, 0.4) is 0 Å². The number of carbonyl (C=O) groups is 1. The molecule has 0 unspecified atom stereocenters. The number of likely N-dealkylation sites (N-methyl/N-ethyl adjacent to an activating group) is 1. The summed E-state index contributed by atoms with van der Waals surface area (Å²) < 4.78 is 7.47. The van der Waals surface area contributed by atoms with Crippen molar-refractivity contribution in [1.82, 2.24) is 14.7 Å². The molecule has 5 nitrogen and oxygen atoms in total. The van der Waals surface area contributed by atoms with E-state index in [0.29, 0.717) is 29.5 Å². The van der Waals surface area contributed by atoms with Crippen molar-refractivity contribution in [2.24, 2.45) is 0 Å². The average Bonchev–Trinajstić information content (AvgIpc) is 3.08. The Kier molecular flexibility index (Phi) is 5.58. The van der Waals surface area contributed by atoms with Gasteiger partial charge in [0.05, 0.1) is 17.3 Å². The van der Waals surface area contributed by atoms with Crippen LogP contribution in [0.25, 0.3) is 5.69 Å². The van der Waals surface area contributed by atoms with Gasteiger partial charge in [-0.25, -0.2) is 4.68 Å². The number of amides is 1. The number of nitrogens with zero attached hydrogens (tertiary/aromatic N) is 3. The third kappa shape index (κ3) is 4.06. The lowest BCUT2D eigenvalue weighted by molar-refractivity contribution is 0.0774. The van der Waals surface area contributed by atoms with Crippen LogP contribution in [0.15, 0.2) is 60.8 Å². The fourth-order valence-electron chi connectivity index (χ4n) is 2.56. The van der Waals surface area contributed by atoms with Crippen LogP contribution in [0.2, 0.25) is 5.02 Å². The lowest BCUT2D eigenvalue weighted by Gasteiger charge is -2.18. The molecular formula is C20H20ClN3O2. The molecule has 0 bridgehead atoms. The van der Waals surface area contributed by atoms with E-state index < -0.39 is 0 Å². The first-order valence-corrected chi connectivity index (χ1v) is 8.68. The Bertz CT molecular complexity index is 890. The smallest absolute Gasteiger partial charge is 0.253 e. The predicted octanol–water partition coefficient (Wildman–Crippen LogP) is 3.99. The predicted molar refractivity (Wildman–Crippen MR) is 102 cm³/mol. The number of halogens is 1. The van der Waals surface area contributed by atoms with E-state index in [4.69, 9.17) is 16.3 Å². The summed E-state index contributed by atoms with van der Waals surface area (Å²) in [6, 6.07) is 16.6. The lowest BCUT2D eigenvalue weighted by atomic mass is 10.2. The highest BCUT2D eigenvalue weighted by Crippen LogP contribution is 2.22. The Morgan fingerprint density at radius 1 is 1.15 bits per heavy atom. The Labute approximate surface area is 157 Å². The molecule has 0 saturated heterocycles. The maximum atomic E-state index is 12.5. The van der Waals surface area contributed by atoms with E-state index in [2.05, 4.69) is 5.10 Å². The van der Waals surface area contributed by atoms with Crippen LogP contribution in [0, 0.1) is 6.92 Å². The number of aryl methyl sites for hydroxylation is 1. The molecule has 0 aliphatic heterocycles. The number of carbonyl (C=O) groups excluding carboxylic acids is 1. The van der Waals surface area contributed by atoms with Gasteiger partial charge in [-0.1, -0.05) is 23.7 Å². The first kappa shape index (κ1) is 18.0. The van der Waals surface area contributed by atoms with E-state index in [1.165, 1.54) is 0 Å². The largest absolute Gasteiger partial charge is 0.490 e. The fourth-order valence-corrected chi connectivity index (χ4v) is 2.75. The van der Waals surface area contributed by atoms with Gasteiger partial charge in [-0.2, -0.15) is 5.10 Å². The zero-order valence-corrected chi connectivity index (χ0v) is 15.5. The minimum atomic E-state index is -0.0588. The fraction of sp³-hybridized carbons (Fsp3) is 0.200. The molecule has 0 saturated carbocycles. The maximum Gasteiger partial charge on any atom is 0.253 e. The number of aromatic nitrogens is 2. The van der Waals surface area contributed by atoms with Gasteiger partial charge >= 0.3 is 0 Å². The summed E-state index contributed by atoms with van der Waals surface area (Å²) in [7, 11) is 1.75. The van der Waals surface area contributed by atoms with Gasteiger partial charge < -0.3 is 9.64 Å². The van der Waals surface area contributed by atoms with Crippen molar-refractivity contribution in [3.63, 3.8) is 0 Å². The normalized spacial score (nSPS) is 10.6. The lowest BCUT2D eigenvalue weighted by Crippen LogP contribution is -2.30. The molecule has 1 aromatic heterocycles. The Morgan fingerprint density at radius 2 is 1.88 bits per heavy atom. The van der Waals surface area contributed by atoms with Crippen LogP contribution in [0.5, 0.6) is 5.75 Å². The summed E-state index contributed by atoms with van der Waals surface area (Å²) in [4.78, 5) is 14.2. The molecule has 0 aliphatic rings. The highest BCUT2D eigenvalue weighted by molar-refractivity contribution is 6.32. The van der Waals surface area contributed by atoms with Crippen molar-refractivity contribution in [2.45, 2.75) is 6.92 Å². The van der Waals surface area contributed by atoms with E-state index in [9.17, 15) is 4.79 Å². The number of hydrogen-bond donors (Lipinski definition) is 0. The molecular weight excluding hydrogens is 350 g/mol. The van der Waals surface area contributed by atoms with Crippen LogP contribution in [-0.4, -0.2) is 40.8 Å². The van der Waals surface area contributed by atoms with E-state index in [-0.39, 0.29) is 5.91 Å². The molecule has 1 heterocycles. The van der Waals surface area contributed by atoms with E-state index in [0.717, 1.165) is 11.4 Å². The SMILES string of the molecule is Cc1ccnn1-c1ccc(C(=O)N(C)CCOc2ccccc2Cl)cc1. The first-order chi connectivity index (χ1) is 12.6. The van der Waals surface area contributed by atoms with Crippen molar-refractivity contribution >= 4 is 17.5 Å². The Hall–Kier alpha value is -2.79. The van der Waals surface area contributed by atoms with Gasteiger partial charge in [0.25, 0.3) is 5.91 Å². The van der Waals surface area contributed by atoms with E-state index in [1.54, 1.807) is 30.3 Å². The van der Waals surface area contributed by atoms with Crippen LogP contribution in [0.4, 0.5) is 0 Å². The summed E-state index contributed by atoms with van der Waals surface area (Å²) in [5, 5.41) is 4.83. The zero-order valence-electron chi connectivity index (χ0n) is 14.7. The molecule has 1 amide bonds. The van der Waals surface area contributed by atoms with Gasteiger partial charge in [0.15, 0.2) is 0 Å². The molecule has 0 N–H and O–H groups in total. The third-order valence-electron chi connectivity index (χ3n) is 4.06. The second kappa shape index (κ2) is 8.06. The van der Waals surface area contributed by atoms with Crippen LogP contribution in [-0.2, 0) is 0 Å². The second-order valence-electron chi connectivity index (χ2n) is 5.94. The van der Waals surface area contributed by atoms with Crippen LogP contribution < -0.4 is 4.74 Å². The minimum absolute atomic E-state index is 0.0588. The quantitative estimate of drug-likeness (QED) is 0.660. The van der Waals surface area contributed by atoms with Gasteiger partial charge in [0.1, 0.15) is 12.4 Å². The molecule has 134 valence electrons. The molecule has 3 aromatic rings. The number of para-hydroxylation sites is 1. The molecule has 2 aromatic carbocycles. The highest BCUT2D eigenvalue weighted by atomic mass is 35.5. The van der Waals surface area contributed by atoms with Crippen molar-refractivity contribution in [2.75, 3.05) is 20.2 Å². The second-order valence-corrected chi connectivity index (χ2v) is 6.34. The molecule has 3 rings (SSSR count). The van der Waals surface area contributed by atoms with Crippen LogP contribution in [0.1, 0.15) is 16.1 Å². The first-order valence-electron chi connectivity index (χ1n) is 8.30. The van der Waals surface area contributed by atoms with Crippen molar-refractivity contribution in [3.05, 3.63) is 77.1 Å². The zero-order chi connectivity index (χ0) is 18.5. The summed E-state index contributed by atoms with van der Waals surface area (Å²) in [6.45, 7) is 2.82. The molecule has 0 spiro atoms. The van der Waals surface area contributed by atoms with Crippen LogP contribution >= 0.6 is 11.6 Å². The molecule has 6 heteroatoms. The van der Waals surface area contributed by atoms with Gasteiger partial charge in [-0.05, 0) is 49.4 Å². The minimum Gasteiger partial charge on any atom is -0.490 e. The molecule has 0 atom stereocenters. The van der Waals surface area contributed by atoms with Crippen molar-refractivity contribution in [3.8, 4) is 11.4 Å². The number of benzene rings is 2. The van der Waals surface area contributed by atoms with Gasteiger partial charge in [-0.15, -0.1) is 0 Å². The summed E-state index contributed by atoms with van der Waals surface area (Å²) in [5.74, 6) is 0.561. The molecule has 0 fully saturated rings.